The zero-order valence-corrected chi connectivity index (χ0v) is 21.7. The summed E-state index contributed by atoms with van der Waals surface area (Å²) in [5.41, 5.74) is 5.96. The predicted octanol–water partition coefficient (Wildman–Crippen LogP) is -2.22. The van der Waals surface area contributed by atoms with Crippen molar-refractivity contribution in [2.45, 2.75) is 18.0 Å². The molecule has 0 aliphatic carbocycles. The highest BCUT2D eigenvalue weighted by atomic mass is 32.2. The lowest BCUT2D eigenvalue weighted by Crippen LogP contribution is -2.71. The molecule has 0 saturated carbocycles. The number of carboxylic acid groups (broad SMARTS) is 1. The van der Waals surface area contributed by atoms with Crippen molar-refractivity contribution < 1.29 is 33.7 Å². The van der Waals surface area contributed by atoms with Crippen LogP contribution in [0.5, 0.6) is 0 Å². The molecule has 198 valence electrons. The molecule has 2 aromatic heterocycles. The maximum atomic E-state index is 12.9. The normalized spacial score (nSPS) is 19.2. The van der Waals surface area contributed by atoms with Crippen molar-refractivity contribution in [3.63, 3.8) is 0 Å². The number of carbonyl (C=O) groups excluding carboxylic acids is 4. The number of aliphatic carboxylic acids is 1. The number of aromatic nitrogens is 3. The van der Waals surface area contributed by atoms with Gasteiger partial charge in [-0.05, 0) is 11.6 Å². The Bertz CT molecular complexity index is 1370. The summed E-state index contributed by atoms with van der Waals surface area (Å²) in [7, 11) is 2.78. The number of allylic oxidation sites excluding steroid dienone is 2. The molecule has 4 rings (SSSR count). The van der Waals surface area contributed by atoms with Crippen LogP contribution in [0.25, 0.3) is 0 Å². The standard InChI is InChI=1S/C22H22N8O6S2/c1-24-17(31)11-5-8-29(9-6-11)7-3-4-12-10-37-20-14(19(33)30(20)15(12)21(34)35)25-18(32)13(27-36-2)16-26-22(23)38-28-16/h3-6,8-9,14,20H,7,10H2,1-2H3,(H4-,23,24,25,26,28,31,32,34,35)/b4-3?,27-13-/t14?,20-/m0/s1. The number of nitrogen functional groups attached to an aromatic ring is 1. The Balaban J connectivity index is 1.46. The summed E-state index contributed by atoms with van der Waals surface area (Å²) >= 11 is 2.16. The van der Waals surface area contributed by atoms with E-state index in [1.165, 1.54) is 18.9 Å². The van der Waals surface area contributed by atoms with Gasteiger partial charge in [0.25, 0.3) is 17.7 Å². The molecule has 2 aliphatic heterocycles. The minimum Gasteiger partial charge on any atom is -0.543 e. The van der Waals surface area contributed by atoms with Gasteiger partial charge >= 0.3 is 0 Å². The van der Waals surface area contributed by atoms with Gasteiger partial charge in [-0.3, -0.25) is 19.3 Å². The molecule has 0 radical (unpaired) electrons. The van der Waals surface area contributed by atoms with Crippen LogP contribution in [0.3, 0.4) is 0 Å². The largest absolute Gasteiger partial charge is 0.543 e. The van der Waals surface area contributed by atoms with E-state index in [4.69, 9.17) is 10.6 Å². The smallest absolute Gasteiger partial charge is 0.278 e. The highest BCUT2D eigenvalue weighted by Crippen LogP contribution is 2.40. The fraction of sp³-hybridized carbons (Fsp3) is 0.273. The highest BCUT2D eigenvalue weighted by Gasteiger charge is 2.53. The van der Waals surface area contributed by atoms with E-state index < -0.39 is 29.2 Å². The van der Waals surface area contributed by atoms with Gasteiger partial charge in [-0.25, -0.2) is 4.57 Å². The number of fused-ring (bicyclic) bond motifs is 1. The Morgan fingerprint density at radius 2 is 2.11 bits per heavy atom. The minimum atomic E-state index is -1.50. The molecule has 0 aromatic carbocycles. The Hall–Kier alpha value is -4.31. The lowest BCUT2D eigenvalue weighted by molar-refractivity contribution is -0.687. The number of oxime groups is 1. The number of hydrogen-bond acceptors (Lipinski definition) is 12. The van der Waals surface area contributed by atoms with Crippen molar-refractivity contribution in [2.75, 3.05) is 25.6 Å². The topological polar surface area (TPSA) is 196 Å². The van der Waals surface area contributed by atoms with E-state index in [2.05, 4.69) is 25.1 Å². The number of anilines is 1. The Labute approximate surface area is 224 Å². The first-order valence-corrected chi connectivity index (χ1v) is 12.9. The van der Waals surface area contributed by atoms with Gasteiger partial charge in [-0.15, -0.1) is 11.8 Å². The van der Waals surface area contributed by atoms with Gasteiger partial charge < -0.3 is 31.1 Å². The van der Waals surface area contributed by atoms with Crippen LogP contribution in [0.15, 0.2) is 53.1 Å². The van der Waals surface area contributed by atoms with Crippen LogP contribution in [-0.4, -0.2) is 75.0 Å². The van der Waals surface area contributed by atoms with Gasteiger partial charge in [-0.1, -0.05) is 11.2 Å². The summed E-state index contributed by atoms with van der Waals surface area (Å²) in [6.45, 7) is 0.398. The number of amides is 3. The van der Waals surface area contributed by atoms with E-state index >= 15 is 0 Å². The molecule has 16 heteroatoms. The Morgan fingerprint density at radius 1 is 1.37 bits per heavy atom. The van der Waals surface area contributed by atoms with Crippen LogP contribution >= 0.6 is 23.3 Å². The second-order valence-corrected chi connectivity index (χ2v) is 9.75. The number of pyridine rings is 1. The number of thioether (sulfide) groups is 1. The maximum Gasteiger partial charge on any atom is 0.278 e. The third kappa shape index (κ3) is 5.35. The quantitative estimate of drug-likeness (QED) is 0.131. The van der Waals surface area contributed by atoms with Gasteiger partial charge in [-0.2, -0.15) is 9.36 Å². The van der Waals surface area contributed by atoms with Gasteiger partial charge in [0.15, 0.2) is 24.1 Å². The number of rotatable bonds is 9. The third-order valence-corrected chi connectivity index (χ3v) is 7.39. The van der Waals surface area contributed by atoms with E-state index in [0.29, 0.717) is 17.7 Å². The lowest BCUT2D eigenvalue weighted by atomic mass is 10.0. The van der Waals surface area contributed by atoms with Crippen LogP contribution < -0.4 is 26.0 Å². The highest BCUT2D eigenvalue weighted by molar-refractivity contribution is 8.00. The van der Waals surface area contributed by atoms with Gasteiger partial charge in [0, 0.05) is 36.5 Å². The summed E-state index contributed by atoms with van der Waals surface area (Å²) in [4.78, 5) is 59.1. The fourth-order valence-corrected chi connectivity index (χ4v) is 5.52. The molecule has 38 heavy (non-hydrogen) atoms. The number of nitrogens with two attached hydrogens (primary N) is 1. The maximum absolute atomic E-state index is 12.9. The summed E-state index contributed by atoms with van der Waals surface area (Å²) in [6.07, 6.45) is 6.80. The number of hydrogen-bond donors (Lipinski definition) is 3. The number of β-lactam (4-membered cyclic amide) rings is 1. The number of nitrogens with one attached hydrogen (secondary N) is 2. The van der Waals surface area contributed by atoms with E-state index in [1.54, 1.807) is 48.3 Å². The first-order chi connectivity index (χ1) is 18.2. The first-order valence-electron chi connectivity index (χ1n) is 11.0. The molecule has 0 bridgehead atoms. The molecule has 1 saturated heterocycles. The monoisotopic (exact) mass is 558 g/mol. The summed E-state index contributed by atoms with van der Waals surface area (Å²) in [6, 6.07) is 2.32. The van der Waals surface area contributed by atoms with Crippen molar-refractivity contribution in [1.29, 1.82) is 0 Å². The molecule has 0 spiro atoms. The second-order valence-electron chi connectivity index (χ2n) is 7.87. The summed E-state index contributed by atoms with van der Waals surface area (Å²) in [5.74, 6) is -2.88. The molecule has 4 N–H and O–H groups in total. The summed E-state index contributed by atoms with van der Waals surface area (Å²) < 4.78 is 5.73. The fourth-order valence-electron chi connectivity index (χ4n) is 3.77. The van der Waals surface area contributed by atoms with Crippen LogP contribution in [0.4, 0.5) is 5.13 Å². The van der Waals surface area contributed by atoms with E-state index in [-0.39, 0.29) is 34.0 Å². The molecule has 4 heterocycles. The number of carbonyl (C=O) groups is 4. The molecule has 2 aromatic rings. The van der Waals surface area contributed by atoms with Gasteiger partial charge in [0.2, 0.25) is 11.5 Å². The Morgan fingerprint density at radius 3 is 2.71 bits per heavy atom. The van der Waals surface area contributed by atoms with Crippen molar-refractivity contribution in [3.05, 3.63) is 59.3 Å². The van der Waals surface area contributed by atoms with Crippen molar-refractivity contribution in [2.24, 2.45) is 5.16 Å². The minimum absolute atomic E-state index is 0.0596. The van der Waals surface area contributed by atoms with Crippen LogP contribution in [0.2, 0.25) is 0 Å². The van der Waals surface area contributed by atoms with Crippen molar-refractivity contribution >= 4 is 57.8 Å². The van der Waals surface area contributed by atoms with Crippen molar-refractivity contribution in [1.82, 2.24) is 24.9 Å². The Kier molecular flexibility index (Phi) is 8.02. The van der Waals surface area contributed by atoms with Gasteiger partial charge in [0.05, 0.1) is 17.2 Å². The molecule has 14 nitrogen and oxygen atoms in total. The van der Waals surface area contributed by atoms with E-state index in [0.717, 1.165) is 16.4 Å². The number of carboxylic acids is 1. The predicted molar refractivity (Wildman–Crippen MR) is 134 cm³/mol. The van der Waals surface area contributed by atoms with Crippen molar-refractivity contribution in [3.8, 4) is 0 Å². The summed E-state index contributed by atoms with van der Waals surface area (Å²) in [5, 5.41) is 20.2. The molecule has 1 unspecified atom stereocenters. The average Bonchev–Trinajstić information content (AvgIpc) is 3.35. The average molecular weight is 559 g/mol. The zero-order chi connectivity index (χ0) is 27.4. The molecule has 1 fully saturated rings. The van der Waals surface area contributed by atoms with E-state index in [9.17, 15) is 24.3 Å². The van der Waals surface area contributed by atoms with Crippen LogP contribution in [-0.2, 0) is 25.8 Å². The van der Waals surface area contributed by atoms with Gasteiger partial charge in [0.1, 0.15) is 18.5 Å². The van der Waals surface area contributed by atoms with E-state index in [1.807, 2.05) is 0 Å². The number of nitrogens with zero attached hydrogens (tertiary/aromatic N) is 5. The van der Waals surface area contributed by atoms with Crippen LogP contribution in [0.1, 0.15) is 16.2 Å². The zero-order valence-electron chi connectivity index (χ0n) is 20.1. The molecule has 3 amide bonds. The first kappa shape index (κ1) is 26.7. The molecular weight excluding hydrogens is 536 g/mol. The second kappa shape index (κ2) is 11.4. The molecular formula is C22H22N8O6S2. The van der Waals surface area contributed by atoms with Crippen LogP contribution in [0, 0.1) is 0 Å². The third-order valence-electron chi connectivity index (χ3n) is 5.54. The lowest BCUT2D eigenvalue weighted by Gasteiger charge is -2.50. The SMILES string of the molecule is CNC(=O)c1cc[n+](CC=CC2=C(C(=O)[O-])N3C(=O)C(NC(=O)/C(=N\OC)c4nsc(N)n4)[C@@H]3SC2)cc1. The molecule has 2 aliphatic rings. The molecule has 2 atom stereocenters.